The topological polar surface area (TPSA) is 983 Å². The van der Waals surface area contributed by atoms with E-state index < -0.39 is 333 Å². The third-order valence-corrected chi connectivity index (χ3v) is 22.8. The Morgan fingerprint density at radius 3 is 1.04 bits per heavy atom. The average molecular weight is 2150 g/mol. The largest absolute Gasteiger partial charge is 0.508 e. The fourth-order valence-corrected chi connectivity index (χ4v) is 14.1. The third kappa shape index (κ3) is 50.7. The van der Waals surface area contributed by atoms with Crippen LogP contribution in [0, 0.1) is 34.0 Å². The summed E-state index contributed by atoms with van der Waals surface area (Å²) in [5.41, 5.74) is 28.1. The summed E-state index contributed by atoms with van der Waals surface area (Å²) in [6.45, 7) is 1.67. The molecule has 0 spiro atoms. The van der Waals surface area contributed by atoms with Gasteiger partial charge in [-0.3, -0.25) is 117 Å². The molecule has 59 nitrogen and oxygen atoms in total. The number of phenolic OH excluding ortho intramolecular Hbond substituents is 1. The van der Waals surface area contributed by atoms with E-state index in [9.17, 15) is 141 Å². The molecule has 20 amide bonds. The van der Waals surface area contributed by atoms with Crippen molar-refractivity contribution in [2.75, 3.05) is 83.7 Å². The molecular formula is C88H142N30O29S2. The van der Waals surface area contributed by atoms with Crippen LogP contribution in [-0.4, -0.2) is 364 Å². The van der Waals surface area contributed by atoms with E-state index in [0.29, 0.717) is 11.1 Å². The van der Waals surface area contributed by atoms with E-state index in [0.717, 1.165) is 0 Å². The number of rotatable bonds is 71. The van der Waals surface area contributed by atoms with Crippen LogP contribution in [0.5, 0.6) is 5.75 Å². The van der Waals surface area contributed by atoms with Crippen LogP contribution in [0.4, 0.5) is 0 Å². The first-order chi connectivity index (χ1) is 70.3. The molecule has 18 atom stereocenters. The van der Waals surface area contributed by atoms with Gasteiger partial charge in [-0.25, -0.2) is 4.79 Å². The zero-order valence-corrected chi connectivity index (χ0v) is 84.7. The highest BCUT2D eigenvalue weighted by atomic mass is 32.1. The highest BCUT2D eigenvalue weighted by Gasteiger charge is 2.40. The van der Waals surface area contributed by atoms with E-state index in [1.807, 2.05) is 0 Å². The van der Waals surface area contributed by atoms with Crippen LogP contribution in [0.3, 0.4) is 0 Å². The number of nitrogens with two attached hydrogens (primary N) is 5. The number of aliphatic carboxylic acids is 2. The molecule has 61 heteroatoms. The fourth-order valence-electron chi connectivity index (χ4n) is 13.6. The number of aliphatic hydroxyl groups excluding tert-OH is 4. The van der Waals surface area contributed by atoms with Gasteiger partial charge in [0.25, 0.3) is 0 Å². The predicted molar refractivity (Wildman–Crippen MR) is 536 cm³/mol. The van der Waals surface area contributed by atoms with Gasteiger partial charge in [-0.05, 0) is 86.0 Å². The number of thiol groups is 2. The standard InChI is InChI=1S/C88H142N30O29S2/c1-7-43(5)68(117-76(137)51(19-14-26-99-88(95)96)109-79(140)55(31-67(129)130)112-84(145)69(44(6)8-2)118-75(136)49(17-12-24-97-86(91)92)104-63(125)32-102-73(134)60(40-148)116-81(142)58(38-121)114-70(131)48(89)36-119)83(144)103-35-65(127)106-57(37-120)72(133)101-33-64(126)105-52(27-42(3)4)71(132)100-34-66(128)107-61(41-149)82(143)111-54(30-62(90)124)78(139)115-59(39-122)80(141)110-53(28-45-15-10-9-11-16-45)77(138)108-50(18-13-25-98-87(93)94)74(135)113-56(85(146)147)29-46-20-22-47(123)23-21-46/h9-11,15-16,20-23,42-44,48-61,68-69,119-123,148-149H,7-8,12-14,17-19,24-41,89H2,1-6H3,(H2,90,124)(H,100,132)(H,101,133)(H,102,134)(H,103,144)(H,104,125)(H,105,126)(H,106,127)(H,107,128)(H,108,138)(H,109,140)(H,110,141)(H,111,143)(H,112,145)(H,113,135)(H,114,131)(H,115,139)(H,116,142)(H,117,137)(H,118,136)(H,129,130)(H,146,147)(H4,91,92,97)(H4,93,94,98)(H4,95,96,99)/t43-,44-,48-,49-,50-,51-,52-,53-,54-,55-,56-,57-,58-,59-,60-,61-,68-,69-/m0/s1. The summed E-state index contributed by atoms with van der Waals surface area (Å²) in [7, 11) is 0. The molecule has 0 heterocycles. The van der Waals surface area contributed by atoms with E-state index in [4.69, 9.17) is 44.9 Å². The summed E-state index contributed by atoms with van der Waals surface area (Å²) < 4.78 is 0. The van der Waals surface area contributed by atoms with Crippen LogP contribution >= 0.6 is 25.3 Å². The number of nitrogens with one attached hydrogen (secondary N) is 25. The molecule has 2 aromatic rings. The first-order valence-corrected chi connectivity index (χ1v) is 48.4. The van der Waals surface area contributed by atoms with Gasteiger partial charge in [-0.15, -0.1) is 0 Å². The number of carbonyl (C=O) groups is 22. The molecule has 0 bridgehead atoms. The maximum Gasteiger partial charge on any atom is 0.326 e. The van der Waals surface area contributed by atoms with E-state index in [2.05, 4.69) is 142 Å². The number of phenols is 1. The smallest absolute Gasteiger partial charge is 0.326 e. The maximum absolute atomic E-state index is 14.4. The molecule has 0 saturated carbocycles. The number of hydrogen-bond acceptors (Lipinski definition) is 33. The molecule has 0 aliphatic carbocycles. The van der Waals surface area contributed by atoms with Crippen LogP contribution in [0.25, 0.3) is 0 Å². The minimum Gasteiger partial charge on any atom is -0.508 e. The van der Waals surface area contributed by atoms with E-state index in [1.54, 1.807) is 58.0 Å². The lowest BCUT2D eigenvalue weighted by Gasteiger charge is -2.29. The maximum atomic E-state index is 14.4. The Morgan fingerprint density at radius 1 is 0.329 bits per heavy atom. The Hall–Kier alpha value is -15.1. The fraction of sp³-hybridized carbons (Fsp3) is 0.580. The summed E-state index contributed by atoms with van der Waals surface area (Å²) in [5.74, 6) is -29.7. The van der Waals surface area contributed by atoms with Crippen molar-refractivity contribution < 1.29 is 141 Å². The van der Waals surface area contributed by atoms with Gasteiger partial charge >= 0.3 is 11.9 Å². The normalized spacial score (nSPS) is 14.5. The van der Waals surface area contributed by atoms with Crippen molar-refractivity contribution in [2.24, 2.45) is 46.4 Å². The number of amides is 20. The van der Waals surface area contributed by atoms with Crippen molar-refractivity contribution in [1.29, 1.82) is 16.2 Å². The third-order valence-electron chi connectivity index (χ3n) is 22.1. The summed E-state index contributed by atoms with van der Waals surface area (Å²) >= 11 is 8.18. The molecule has 0 radical (unpaired) electrons. The van der Waals surface area contributed by atoms with Gasteiger partial charge in [-0.2, -0.15) is 25.3 Å². The zero-order chi connectivity index (χ0) is 112. The molecule has 0 aliphatic heterocycles. The molecule has 0 saturated heterocycles. The SMILES string of the molecule is CC[C@H](C)[C@H](NC(=O)[C@H](CCCNC(=N)N)NC(=O)[C@H](CC(=O)O)NC(=O)[C@@H](NC(=O)[C@H](CCCNC(=N)N)NC(=O)CNC(=O)[C@H](CS)NC(=O)[C@H](CO)NC(=O)[C@@H](N)CO)[C@@H](C)CC)C(=O)NCC(=O)N[C@@H](CO)C(=O)NCC(=O)N[C@@H](CC(C)C)C(=O)NCC(=O)N[C@@H](CS)C(=O)N[C@@H](CC(N)=O)C(=O)N[C@@H](CO)C(=O)N[C@@H](Cc1ccccc1)C(=O)N[C@@H](CCCNC(=N)N)C(=O)N[C@@H](Cc1ccc(O)cc1)C(=O)O. The number of carboxylic acids is 2. The minimum atomic E-state index is -2.04. The molecule has 0 aliphatic rings. The average Bonchev–Trinajstić information content (AvgIpc) is 0.853. The van der Waals surface area contributed by atoms with Crippen LogP contribution in [0.15, 0.2) is 54.6 Å². The Kier molecular flexibility index (Phi) is 60.3. The lowest BCUT2D eigenvalue weighted by Crippen LogP contribution is -2.61. The van der Waals surface area contributed by atoms with Crippen molar-refractivity contribution in [1.82, 2.24) is 117 Å². The summed E-state index contributed by atoms with van der Waals surface area (Å²) in [5, 5.41) is 144. The summed E-state index contributed by atoms with van der Waals surface area (Å²) in [4.78, 5) is 298. The zero-order valence-electron chi connectivity index (χ0n) is 82.9. The molecular weight excluding hydrogens is 2010 g/mol. The van der Waals surface area contributed by atoms with Gasteiger partial charge in [0.15, 0.2) is 17.9 Å². The van der Waals surface area contributed by atoms with Crippen molar-refractivity contribution in [2.45, 2.75) is 222 Å². The number of carbonyl (C=O) groups excluding carboxylic acids is 20. The van der Waals surface area contributed by atoms with E-state index in [1.165, 1.54) is 38.1 Å². The first-order valence-electron chi connectivity index (χ1n) is 47.1. The van der Waals surface area contributed by atoms with Crippen LogP contribution < -0.4 is 146 Å². The quantitative estimate of drug-likeness (QED) is 0.0127. The van der Waals surface area contributed by atoms with Gasteiger partial charge in [0.2, 0.25) is 118 Å². The molecule has 2 aromatic carbocycles. The predicted octanol–water partition coefficient (Wildman–Crippen LogP) is -14.6. The monoisotopic (exact) mass is 2150 g/mol. The van der Waals surface area contributed by atoms with Crippen LogP contribution in [0.1, 0.15) is 123 Å². The summed E-state index contributed by atoms with van der Waals surface area (Å²) in [6.07, 6.45) is -3.28. The van der Waals surface area contributed by atoms with Gasteiger partial charge in [0.05, 0.1) is 65.4 Å². The number of aliphatic hydroxyl groups is 4. The van der Waals surface area contributed by atoms with Crippen molar-refractivity contribution >= 4 is 173 Å². The lowest BCUT2D eigenvalue weighted by molar-refractivity contribution is -0.142. The second kappa shape index (κ2) is 69.1. The van der Waals surface area contributed by atoms with Crippen molar-refractivity contribution in [3.8, 4) is 5.75 Å². The summed E-state index contributed by atoms with van der Waals surface area (Å²) in [6, 6.07) is -13.2. The Morgan fingerprint density at radius 2 is 0.631 bits per heavy atom. The Bertz CT molecular complexity index is 4900. The van der Waals surface area contributed by atoms with Crippen LogP contribution in [0.2, 0.25) is 0 Å². The number of primary amides is 1. The minimum absolute atomic E-state index is 0.0105. The molecule has 2 rings (SSSR count). The number of benzene rings is 2. The number of aromatic hydroxyl groups is 1. The molecule has 0 unspecified atom stereocenters. The van der Waals surface area contributed by atoms with Crippen molar-refractivity contribution in [3.63, 3.8) is 0 Å². The van der Waals surface area contributed by atoms with Gasteiger partial charge < -0.3 is 181 Å². The molecule has 0 aromatic heterocycles. The highest BCUT2D eigenvalue weighted by molar-refractivity contribution is 7.80. The molecule has 830 valence electrons. The van der Waals surface area contributed by atoms with Gasteiger partial charge in [0, 0.05) is 44.0 Å². The Balaban J connectivity index is 2.26. The highest BCUT2D eigenvalue weighted by Crippen LogP contribution is 2.17. The van der Waals surface area contributed by atoms with Crippen LogP contribution in [-0.2, 0) is 118 Å². The number of guanidine groups is 3. The molecule has 42 N–H and O–H groups in total. The molecule has 0 fully saturated rings. The van der Waals surface area contributed by atoms with E-state index >= 15 is 0 Å². The number of carboxylic acid groups (broad SMARTS) is 2. The number of hydrogen-bond donors (Lipinski definition) is 39. The first kappa shape index (κ1) is 130. The lowest BCUT2D eigenvalue weighted by atomic mass is 9.96. The van der Waals surface area contributed by atoms with Gasteiger partial charge in [0.1, 0.15) is 102 Å². The Labute approximate surface area is 866 Å². The molecule has 149 heavy (non-hydrogen) atoms. The van der Waals surface area contributed by atoms with Crippen molar-refractivity contribution in [3.05, 3.63) is 65.7 Å². The second-order valence-corrected chi connectivity index (χ2v) is 35.3. The van der Waals surface area contributed by atoms with E-state index in [-0.39, 0.29) is 102 Å². The second-order valence-electron chi connectivity index (χ2n) is 34.6. The van der Waals surface area contributed by atoms with Gasteiger partial charge in [-0.1, -0.05) is 96.8 Å².